The third-order valence-corrected chi connectivity index (χ3v) is 3.95. The lowest BCUT2D eigenvalue weighted by molar-refractivity contribution is 0.386. The predicted molar refractivity (Wildman–Crippen MR) is 74.6 cm³/mol. The topological polar surface area (TPSA) is 78.6 Å². The van der Waals surface area contributed by atoms with Gasteiger partial charge in [0.15, 0.2) is 9.84 Å². The molecular weight excluding hydrogens is 266 g/mol. The van der Waals surface area contributed by atoms with Gasteiger partial charge < -0.3 is 15.2 Å². The molecule has 0 aromatic heterocycles. The van der Waals surface area contributed by atoms with Gasteiger partial charge in [-0.05, 0) is 37.4 Å². The maximum atomic E-state index is 11.8. The minimum absolute atomic E-state index is 0.164. The normalized spacial score (nSPS) is 11.4. The van der Waals surface area contributed by atoms with Crippen molar-refractivity contribution in [3.05, 3.63) is 17.7 Å². The summed E-state index contributed by atoms with van der Waals surface area (Å²) >= 11 is 0. The molecule has 0 bridgehead atoms. The molecule has 5 nitrogen and oxygen atoms in total. The van der Waals surface area contributed by atoms with E-state index in [1.165, 1.54) is 20.3 Å². The lowest BCUT2D eigenvalue weighted by atomic mass is 10.1. The monoisotopic (exact) mass is 287 g/mol. The van der Waals surface area contributed by atoms with Crippen LogP contribution in [0.4, 0.5) is 0 Å². The number of sulfone groups is 1. The van der Waals surface area contributed by atoms with Crippen molar-refractivity contribution in [1.29, 1.82) is 0 Å². The molecule has 0 saturated heterocycles. The van der Waals surface area contributed by atoms with Crippen LogP contribution in [-0.2, 0) is 16.3 Å². The minimum atomic E-state index is -3.36. The zero-order chi connectivity index (χ0) is 14.5. The molecule has 6 heteroatoms. The SMILES string of the molecule is COc1cc(CCCCN)c(OC)c(S(C)(=O)=O)c1. The predicted octanol–water partition coefficient (Wildman–Crippen LogP) is 1.39. The van der Waals surface area contributed by atoms with E-state index in [1.807, 2.05) is 6.07 Å². The zero-order valence-electron chi connectivity index (χ0n) is 11.6. The van der Waals surface area contributed by atoms with E-state index in [0.717, 1.165) is 24.7 Å². The first-order valence-electron chi connectivity index (χ1n) is 6.09. The van der Waals surface area contributed by atoms with Crippen LogP contribution in [-0.4, -0.2) is 35.4 Å². The molecular formula is C13H21NO4S. The van der Waals surface area contributed by atoms with E-state index >= 15 is 0 Å². The van der Waals surface area contributed by atoms with Crippen LogP contribution in [0, 0.1) is 0 Å². The molecule has 19 heavy (non-hydrogen) atoms. The largest absolute Gasteiger partial charge is 0.497 e. The molecule has 1 rings (SSSR count). The first-order valence-corrected chi connectivity index (χ1v) is 7.98. The van der Waals surface area contributed by atoms with E-state index in [-0.39, 0.29) is 4.90 Å². The van der Waals surface area contributed by atoms with Gasteiger partial charge in [0.05, 0.1) is 14.2 Å². The smallest absolute Gasteiger partial charge is 0.179 e. The van der Waals surface area contributed by atoms with Gasteiger partial charge in [-0.15, -0.1) is 0 Å². The molecule has 0 radical (unpaired) electrons. The summed E-state index contributed by atoms with van der Waals surface area (Å²) in [6.07, 6.45) is 3.63. The minimum Gasteiger partial charge on any atom is -0.497 e. The number of hydrogen-bond acceptors (Lipinski definition) is 5. The summed E-state index contributed by atoms with van der Waals surface area (Å²) in [6, 6.07) is 3.30. The van der Waals surface area contributed by atoms with Crippen molar-refractivity contribution in [3.8, 4) is 11.5 Å². The Kier molecular flexibility index (Phi) is 5.62. The lowest BCUT2D eigenvalue weighted by Gasteiger charge is -2.14. The number of unbranched alkanes of at least 4 members (excludes halogenated alkanes) is 1. The maximum absolute atomic E-state index is 11.8. The van der Waals surface area contributed by atoms with Gasteiger partial charge >= 0.3 is 0 Å². The van der Waals surface area contributed by atoms with Crippen molar-refractivity contribution in [2.45, 2.75) is 24.2 Å². The Labute approximate surface area is 114 Å². The Balaban J connectivity index is 3.27. The van der Waals surface area contributed by atoms with Crippen LogP contribution in [0.25, 0.3) is 0 Å². The average molecular weight is 287 g/mol. The fourth-order valence-corrected chi connectivity index (χ4v) is 2.78. The summed E-state index contributed by atoms with van der Waals surface area (Å²) in [5.41, 5.74) is 6.30. The molecule has 0 aliphatic carbocycles. The second-order valence-corrected chi connectivity index (χ2v) is 6.32. The van der Waals surface area contributed by atoms with Crippen molar-refractivity contribution in [2.75, 3.05) is 27.0 Å². The fourth-order valence-electron chi connectivity index (χ4n) is 1.90. The first-order chi connectivity index (χ1) is 8.93. The van der Waals surface area contributed by atoms with Gasteiger partial charge in [0.2, 0.25) is 0 Å². The van der Waals surface area contributed by atoms with Crippen LogP contribution in [0.2, 0.25) is 0 Å². The molecule has 0 aliphatic rings. The standard InChI is InChI=1S/C13H21NO4S/c1-17-11-8-10(6-4-5-7-14)13(18-2)12(9-11)19(3,15)16/h8-9H,4-7,14H2,1-3H3. The zero-order valence-corrected chi connectivity index (χ0v) is 12.4. The number of ether oxygens (including phenoxy) is 2. The van der Waals surface area contributed by atoms with Crippen LogP contribution in [0.1, 0.15) is 18.4 Å². The molecule has 0 aliphatic heterocycles. The van der Waals surface area contributed by atoms with Gasteiger partial charge in [-0.1, -0.05) is 0 Å². The van der Waals surface area contributed by atoms with Crippen molar-refractivity contribution in [2.24, 2.45) is 5.73 Å². The lowest BCUT2D eigenvalue weighted by Crippen LogP contribution is -2.05. The molecule has 2 N–H and O–H groups in total. The van der Waals surface area contributed by atoms with Gasteiger partial charge in [-0.3, -0.25) is 0 Å². The molecule has 1 aromatic rings. The summed E-state index contributed by atoms with van der Waals surface area (Å²) < 4.78 is 34.0. The van der Waals surface area contributed by atoms with Crippen molar-refractivity contribution in [1.82, 2.24) is 0 Å². The van der Waals surface area contributed by atoms with Crippen LogP contribution in [0.15, 0.2) is 17.0 Å². The number of rotatable bonds is 7. The number of benzene rings is 1. The van der Waals surface area contributed by atoms with Gasteiger partial charge in [0, 0.05) is 12.3 Å². The summed E-state index contributed by atoms with van der Waals surface area (Å²) in [4.78, 5) is 0.164. The first kappa shape index (κ1) is 15.8. The summed E-state index contributed by atoms with van der Waals surface area (Å²) in [6.45, 7) is 0.616. The highest BCUT2D eigenvalue weighted by molar-refractivity contribution is 7.90. The van der Waals surface area contributed by atoms with E-state index in [1.54, 1.807) is 0 Å². The van der Waals surface area contributed by atoms with Crippen molar-refractivity contribution in [3.63, 3.8) is 0 Å². The van der Waals surface area contributed by atoms with Crippen LogP contribution in [0.3, 0.4) is 0 Å². The fraction of sp³-hybridized carbons (Fsp3) is 0.538. The summed E-state index contributed by atoms with van der Waals surface area (Å²) in [5.74, 6) is 0.921. The highest BCUT2D eigenvalue weighted by atomic mass is 32.2. The molecule has 0 fully saturated rings. The number of nitrogens with two attached hydrogens (primary N) is 1. The van der Waals surface area contributed by atoms with E-state index in [0.29, 0.717) is 24.5 Å². The van der Waals surface area contributed by atoms with Gasteiger partial charge in [-0.25, -0.2) is 8.42 Å². The highest BCUT2D eigenvalue weighted by Crippen LogP contribution is 2.33. The Hall–Kier alpha value is -1.27. The molecule has 0 atom stereocenters. The van der Waals surface area contributed by atoms with E-state index in [2.05, 4.69) is 0 Å². The maximum Gasteiger partial charge on any atom is 0.179 e. The molecule has 108 valence electrons. The van der Waals surface area contributed by atoms with Crippen LogP contribution < -0.4 is 15.2 Å². The van der Waals surface area contributed by atoms with Crippen LogP contribution in [0.5, 0.6) is 11.5 Å². The van der Waals surface area contributed by atoms with Crippen LogP contribution >= 0.6 is 0 Å². The molecule has 0 amide bonds. The molecule has 1 aromatic carbocycles. The third-order valence-electron chi connectivity index (χ3n) is 2.84. The second kappa shape index (κ2) is 6.77. The Bertz CT molecular complexity index is 526. The summed E-state index contributed by atoms with van der Waals surface area (Å²) in [5, 5.41) is 0. The molecule has 0 spiro atoms. The van der Waals surface area contributed by atoms with E-state index in [9.17, 15) is 8.42 Å². The van der Waals surface area contributed by atoms with E-state index in [4.69, 9.17) is 15.2 Å². The number of methoxy groups -OCH3 is 2. The molecule has 0 unspecified atom stereocenters. The number of hydrogen-bond donors (Lipinski definition) is 1. The quantitative estimate of drug-likeness (QED) is 0.767. The Morgan fingerprint density at radius 1 is 1.16 bits per heavy atom. The highest BCUT2D eigenvalue weighted by Gasteiger charge is 2.19. The Morgan fingerprint density at radius 3 is 2.32 bits per heavy atom. The van der Waals surface area contributed by atoms with Crippen molar-refractivity contribution >= 4 is 9.84 Å². The number of aryl methyl sites for hydroxylation is 1. The Morgan fingerprint density at radius 2 is 1.84 bits per heavy atom. The third kappa shape index (κ3) is 4.11. The van der Waals surface area contributed by atoms with Crippen molar-refractivity contribution < 1.29 is 17.9 Å². The van der Waals surface area contributed by atoms with Gasteiger partial charge in [0.25, 0.3) is 0 Å². The molecule has 0 saturated carbocycles. The summed E-state index contributed by atoms with van der Waals surface area (Å²) in [7, 11) is -0.374. The van der Waals surface area contributed by atoms with E-state index < -0.39 is 9.84 Å². The second-order valence-electron chi connectivity index (χ2n) is 4.34. The average Bonchev–Trinajstić information content (AvgIpc) is 2.37. The van der Waals surface area contributed by atoms with Gasteiger partial charge in [0.1, 0.15) is 16.4 Å². The van der Waals surface area contributed by atoms with Gasteiger partial charge in [-0.2, -0.15) is 0 Å². The molecule has 0 heterocycles.